The maximum absolute atomic E-state index is 13.8. The van der Waals surface area contributed by atoms with Crippen molar-refractivity contribution in [3.63, 3.8) is 0 Å². The molecule has 0 nitrogen and oxygen atoms in total. The number of rotatable bonds is 7. The first-order chi connectivity index (χ1) is 14.0. The van der Waals surface area contributed by atoms with E-state index in [0.717, 1.165) is 36.3 Å². The van der Waals surface area contributed by atoms with Gasteiger partial charge in [-0.15, -0.1) is 0 Å². The normalized spacial score (nSPS) is 28.3. The molecule has 2 saturated carbocycles. The van der Waals surface area contributed by atoms with Crippen LogP contribution in [0.3, 0.4) is 0 Å². The second-order valence-electron chi connectivity index (χ2n) is 9.18. The monoisotopic (exact) mass is 410 g/mol. The summed E-state index contributed by atoms with van der Waals surface area (Å²) in [6.07, 6.45) is 14.4. The summed E-state index contributed by atoms with van der Waals surface area (Å²) in [7, 11) is 0. The highest BCUT2D eigenvalue weighted by Crippen LogP contribution is 2.43. The van der Waals surface area contributed by atoms with Gasteiger partial charge in [-0.2, -0.15) is 0 Å². The molecule has 4 heteroatoms. The van der Waals surface area contributed by atoms with Gasteiger partial charge in [0, 0.05) is 0 Å². The van der Waals surface area contributed by atoms with Crippen molar-refractivity contribution in [3.8, 4) is 0 Å². The van der Waals surface area contributed by atoms with E-state index in [2.05, 4.69) is 19.1 Å². The van der Waals surface area contributed by atoms with E-state index < -0.39 is 23.6 Å². The molecule has 0 atom stereocenters. The lowest BCUT2D eigenvalue weighted by Gasteiger charge is -2.37. The molecule has 0 amide bonds. The summed E-state index contributed by atoms with van der Waals surface area (Å²) >= 11 is 0. The molecular formula is C25H34F4. The summed E-state index contributed by atoms with van der Waals surface area (Å²) in [5.41, 5.74) is -0.610. The van der Waals surface area contributed by atoms with Gasteiger partial charge in [-0.1, -0.05) is 25.0 Å². The van der Waals surface area contributed by atoms with E-state index in [9.17, 15) is 17.6 Å². The Morgan fingerprint density at radius 3 is 1.86 bits per heavy atom. The number of halogens is 4. The summed E-state index contributed by atoms with van der Waals surface area (Å²) in [6.45, 7) is 2.09. The average molecular weight is 411 g/mol. The Hall–Kier alpha value is -1.32. The first-order valence-corrected chi connectivity index (χ1v) is 11.3. The zero-order chi connectivity index (χ0) is 20.8. The van der Waals surface area contributed by atoms with Crippen LogP contribution in [0.1, 0.15) is 88.7 Å². The first kappa shape index (κ1) is 22.4. The maximum Gasteiger partial charge on any atom is 0.269 e. The van der Waals surface area contributed by atoms with Crippen LogP contribution in [0.2, 0.25) is 0 Å². The van der Waals surface area contributed by atoms with Crippen LogP contribution in [0.4, 0.5) is 17.6 Å². The van der Waals surface area contributed by atoms with Crippen molar-refractivity contribution in [2.75, 3.05) is 0 Å². The molecule has 0 aromatic heterocycles. The van der Waals surface area contributed by atoms with Gasteiger partial charge in [0.2, 0.25) is 0 Å². The molecule has 29 heavy (non-hydrogen) atoms. The van der Waals surface area contributed by atoms with Crippen molar-refractivity contribution in [2.24, 2.45) is 23.7 Å². The maximum atomic E-state index is 13.8. The Kier molecular flexibility index (Phi) is 8.20. The molecule has 2 fully saturated rings. The second-order valence-corrected chi connectivity index (χ2v) is 9.18. The van der Waals surface area contributed by atoms with Gasteiger partial charge >= 0.3 is 0 Å². The van der Waals surface area contributed by atoms with E-state index in [4.69, 9.17) is 0 Å². The lowest BCUT2D eigenvalue weighted by molar-refractivity contribution is 0.140. The van der Waals surface area contributed by atoms with Crippen LogP contribution in [0.25, 0.3) is 0 Å². The molecule has 0 heterocycles. The van der Waals surface area contributed by atoms with Gasteiger partial charge < -0.3 is 0 Å². The molecule has 162 valence electrons. The van der Waals surface area contributed by atoms with Gasteiger partial charge in [0.1, 0.15) is 11.6 Å². The summed E-state index contributed by atoms with van der Waals surface area (Å²) in [4.78, 5) is 0. The molecule has 2 aliphatic carbocycles. The fourth-order valence-corrected chi connectivity index (χ4v) is 5.53. The van der Waals surface area contributed by atoms with E-state index in [1.165, 1.54) is 57.8 Å². The third-order valence-corrected chi connectivity index (χ3v) is 7.35. The van der Waals surface area contributed by atoms with Crippen LogP contribution in [-0.4, -0.2) is 0 Å². The highest BCUT2D eigenvalue weighted by atomic mass is 19.3. The quantitative estimate of drug-likeness (QED) is 0.313. The Bertz CT molecular complexity index is 642. The van der Waals surface area contributed by atoms with Crippen molar-refractivity contribution in [2.45, 2.75) is 84.0 Å². The Morgan fingerprint density at radius 1 is 0.862 bits per heavy atom. The number of aryl methyl sites for hydroxylation is 1. The molecule has 0 aliphatic heterocycles. The first-order valence-electron chi connectivity index (χ1n) is 11.3. The van der Waals surface area contributed by atoms with Gasteiger partial charge in [-0.05, 0) is 106 Å². The molecule has 2 aliphatic rings. The minimum absolute atomic E-state index is 0.492. The van der Waals surface area contributed by atoms with Crippen molar-refractivity contribution in [1.29, 1.82) is 0 Å². The number of alkyl halides is 2. The summed E-state index contributed by atoms with van der Waals surface area (Å²) in [5.74, 6) is 0.929. The number of hydrogen-bond donors (Lipinski definition) is 0. The van der Waals surface area contributed by atoms with Crippen LogP contribution < -0.4 is 0 Å². The zero-order valence-electron chi connectivity index (χ0n) is 17.5. The van der Waals surface area contributed by atoms with E-state index >= 15 is 0 Å². The number of allylic oxidation sites excluding steroid dienone is 2. The van der Waals surface area contributed by atoms with Crippen molar-refractivity contribution >= 4 is 0 Å². The summed E-state index contributed by atoms with van der Waals surface area (Å²) in [6, 6.07) is 2.17. The highest BCUT2D eigenvalue weighted by Gasteiger charge is 2.30. The van der Waals surface area contributed by atoms with E-state index in [0.29, 0.717) is 17.9 Å². The fraction of sp³-hybridized carbons (Fsp3) is 0.680. The van der Waals surface area contributed by atoms with E-state index in [-0.39, 0.29) is 0 Å². The average Bonchev–Trinajstić information content (AvgIpc) is 2.71. The number of benzene rings is 1. The Morgan fingerprint density at radius 2 is 1.38 bits per heavy atom. The number of hydrogen-bond acceptors (Lipinski definition) is 0. The van der Waals surface area contributed by atoms with Crippen LogP contribution >= 0.6 is 0 Å². The molecule has 0 bridgehead atoms. The minimum Gasteiger partial charge on any atom is -0.206 e. The van der Waals surface area contributed by atoms with E-state index in [1.807, 2.05) is 0 Å². The van der Waals surface area contributed by atoms with Crippen molar-refractivity contribution in [1.82, 2.24) is 0 Å². The van der Waals surface area contributed by atoms with Gasteiger partial charge in [0.25, 0.3) is 6.43 Å². The van der Waals surface area contributed by atoms with E-state index in [1.54, 1.807) is 0 Å². The fourth-order valence-electron chi connectivity index (χ4n) is 5.53. The smallest absolute Gasteiger partial charge is 0.206 e. The summed E-state index contributed by atoms with van der Waals surface area (Å²) in [5, 5.41) is 0. The largest absolute Gasteiger partial charge is 0.269 e. The third kappa shape index (κ3) is 6.08. The molecule has 0 spiro atoms. The van der Waals surface area contributed by atoms with Crippen LogP contribution in [0.5, 0.6) is 0 Å². The van der Waals surface area contributed by atoms with Crippen molar-refractivity contribution in [3.05, 3.63) is 47.0 Å². The van der Waals surface area contributed by atoms with Gasteiger partial charge in [-0.25, -0.2) is 17.6 Å². The van der Waals surface area contributed by atoms with Gasteiger partial charge in [0.15, 0.2) is 0 Å². The standard InChI is InChI=1S/C25H34F4/c1-2-3-4-17-7-11-20(12-8-17)21-13-9-18(10-14-21)5-6-19-15-22(26)24(25(28)29)23(27)16-19/h2-3,15-18,20-21,25H,4-14H2,1H3. The lowest BCUT2D eigenvalue weighted by atomic mass is 9.68. The van der Waals surface area contributed by atoms with Crippen molar-refractivity contribution < 1.29 is 17.6 Å². The SMILES string of the molecule is CC=CCC1CCC(C2CCC(CCc3cc(F)c(C(F)F)c(F)c3)CC2)CC1. The molecule has 1 aromatic carbocycles. The van der Waals surface area contributed by atoms with Crippen LogP contribution in [0, 0.1) is 35.3 Å². The highest BCUT2D eigenvalue weighted by molar-refractivity contribution is 5.27. The molecule has 0 N–H and O–H groups in total. The topological polar surface area (TPSA) is 0 Å². The minimum atomic E-state index is -3.11. The molecule has 0 radical (unpaired) electrons. The molecule has 1 aromatic rings. The Balaban J connectivity index is 1.42. The molecule has 3 rings (SSSR count). The predicted octanol–water partition coefficient (Wildman–Crippen LogP) is 8.41. The zero-order valence-corrected chi connectivity index (χ0v) is 17.5. The third-order valence-electron chi connectivity index (χ3n) is 7.35. The predicted molar refractivity (Wildman–Crippen MR) is 110 cm³/mol. The summed E-state index contributed by atoms with van der Waals surface area (Å²) < 4.78 is 52.9. The van der Waals surface area contributed by atoms with Crippen LogP contribution in [0.15, 0.2) is 24.3 Å². The molecule has 0 saturated heterocycles. The van der Waals surface area contributed by atoms with Gasteiger partial charge in [0.05, 0.1) is 5.56 Å². The second kappa shape index (κ2) is 10.6. The van der Waals surface area contributed by atoms with Gasteiger partial charge in [-0.3, -0.25) is 0 Å². The van der Waals surface area contributed by atoms with Crippen LogP contribution in [-0.2, 0) is 6.42 Å². The molecular weight excluding hydrogens is 376 g/mol. The Labute approximate surface area is 172 Å². The molecule has 0 unspecified atom stereocenters. The lowest BCUT2D eigenvalue weighted by Crippen LogP contribution is -2.26.